The number of aliphatic imine (C=N–C) groups is 1. The first-order chi connectivity index (χ1) is 14.6. The van der Waals surface area contributed by atoms with E-state index in [2.05, 4.69) is 4.99 Å². The van der Waals surface area contributed by atoms with Gasteiger partial charge >= 0.3 is 0 Å². The standard InChI is InChI=1S/C23H22N4O2S/c1-2-12-27-22(29)20(30-23(27)25-17-8-4-3-5-9-17)13-16-14-26(15-21(24)28)19-11-7-6-10-18(16)19/h3-11,13-14H,2,12,15H2,1H3,(H2,24,28)/b20-13-,25-23?. The number of nitrogens with zero attached hydrogens (tertiary/aromatic N) is 3. The van der Waals surface area contributed by atoms with Crippen molar-refractivity contribution in [1.29, 1.82) is 0 Å². The van der Waals surface area contributed by atoms with Gasteiger partial charge in [0.15, 0.2) is 5.17 Å². The summed E-state index contributed by atoms with van der Waals surface area (Å²) in [6.07, 6.45) is 4.58. The fourth-order valence-electron chi connectivity index (χ4n) is 3.46. The van der Waals surface area contributed by atoms with E-state index in [1.807, 2.05) is 78.4 Å². The molecule has 2 aromatic carbocycles. The number of benzene rings is 2. The van der Waals surface area contributed by atoms with Crippen LogP contribution in [0.25, 0.3) is 17.0 Å². The van der Waals surface area contributed by atoms with Crippen LogP contribution >= 0.6 is 11.8 Å². The number of para-hydroxylation sites is 2. The number of carbonyl (C=O) groups is 2. The third-order valence-electron chi connectivity index (χ3n) is 4.75. The number of amidine groups is 1. The van der Waals surface area contributed by atoms with Crippen LogP contribution < -0.4 is 5.73 Å². The van der Waals surface area contributed by atoms with Crippen LogP contribution in [0.5, 0.6) is 0 Å². The number of thioether (sulfide) groups is 1. The van der Waals surface area contributed by atoms with Gasteiger partial charge in [0, 0.05) is 29.2 Å². The zero-order valence-corrected chi connectivity index (χ0v) is 17.4. The van der Waals surface area contributed by atoms with Crippen molar-refractivity contribution in [2.24, 2.45) is 10.7 Å². The average Bonchev–Trinajstić information content (AvgIpc) is 3.22. The zero-order valence-electron chi connectivity index (χ0n) is 16.6. The van der Waals surface area contributed by atoms with Crippen molar-refractivity contribution >= 4 is 51.4 Å². The van der Waals surface area contributed by atoms with Crippen LogP contribution in [0.15, 0.2) is 70.7 Å². The predicted octanol–water partition coefficient (Wildman–Crippen LogP) is 4.14. The van der Waals surface area contributed by atoms with Gasteiger partial charge in [-0.05, 0) is 42.5 Å². The molecule has 1 aromatic heterocycles. The van der Waals surface area contributed by atoms with E-state index in [0.29, 0.717) is 16.6 Å². The summed E-state index contributed by atoms with van der Waals surface area (Å²) in [6.45, 7) is 2.74. The van der Waals surface area contributed by atoms with Crippen LogP contribution in [0.1, 0.15) is 18.9 Å². The third kappa shape index (κ3) is 4.02. The molecule has 0 radical (unpaired) electrons. The lowest BCUT2D eigenvalue weighted by Crippen LogP contribution is -2.29. The molecule has 2 amide bonds. The molecule has 2 heterocycles. The lowest BCUT2D eigenvalue weighted by atomic mass is 10.1. The number of hydrogen-bond donors (Lipinski definition) is 1. The van der Waals surface area contributed by atoms with Gasteiger partial charge in [0.1, 0.15) is 6.54 Å². The number of carbonyl (C=O) groups excluding carboxylic acids is 2. The first-order valence-electron chi connectivity index (χ1n) is 9.78. The van der Waals surface area contributed by atoms with Crippen LogP contribution in [-0.2, 0) is 16.1 Å². The largest absolute Gasteiger partial charge is 0.368 e. The molecule has 152 valence electrons. The number of amides is 2. The Kier molecular flexibility index (Phi) is 5.72. The molecule has 6 nitrogen and oxygen atoms in total. The second-order valence-corrected chi connectivity index (χ2v) is 8.00. The molecule has 2 N–H and O–H groups in total. The fourth-order valence-corrected chi connectivity index (χ4v) is 4.47. The SMILES string of the molecule is CCCN1C(=O)/C(=C/c2cn(CC(N)=O)c3ccccc23)SC1=Nc1ccccc1. The van der Waals surface area contributed by atoms with Crippen molar-refractivity contribution in [2.75, 3.05) is 6.54 Å². The van der Waals surface area contributed by atoms with E-state index in [-0.39, 0.29) is 12.5 Å². The van der Waals surface area contributed by atoms with E-state index in [1.165, 1.54) is 11.8 Å². The number of nitrogens with two attached hydrogens (primary N) is 1. The maximum Gasteiger partial charge on any atom is 0.266 e. The van der Waals surface area contributed by atoms with Gasteiger partial charge < -0.3 is 10.3 Å². The molecule has 0 atom stereocenters. The molecule has 3 aromatic rings. The summed E-state index contributed by atoms with van der Waals surface area (Å²) in [6, 6.07) is 17.4. The summed E-state index contributed by atoms with van der Waals surface area (Å²) in [4.78, 5) is 31.6. The molecule has 1 aliphatic rings. The van der Waals surface area contributed by atoms with Gasteiger partial charge in [-0.15, -0.1) is 0 Å². The Morgan fingerprint density at radius 3 is 2.60 bits per heavy atom. The molecule has 1 aliphatic heterocycles. The molecule has 4 rings (SSSR count). The lowest BCUT2D eigenvalue weighted by Gasteiger charge is -2.13. The molecule has 0 spiro atoms. The Bertz CT molecular complexity index is 1160. The molecular weight excluding hydrogens is 396 g/mol. The van der Waals surface area contributed by atoms with Crippen LogP contribution in [0.3, 0.4) is 0 Å². The van der Waals surface area contributed by atoms with Crippen molar-refractivity contribution in [2.45, 2.75) is 19.9 Å². The topological polar surface area (TPSA) is 80.7 Å². The Labute approximate surface area is 179 Å². The maximum atomic E-state index is 13.1. The molecule has 1 fully saturated rings. The average molecular weight is 419 g/mol. The molecule has 0 aliphatic carbocycles. The van der Waals surface area contributed by atoms with Gasteiger partial charge in [-0.3, -0.25) is 14.5 Å². The number of fused-ring (bicyclic) bond motifs is 1. The number of hydrogen-bond acceptors (Lipinski definition) is 4. The second kappa shape index (κ2) is 8.59. The molecule has 0 saturated carbocycles. The Hall–Kier alpha value is -3.32. The third-order valence-corrected chi connectivity index (χ3v) is 5.76. The Morgan fingerprint density at radius 2 is 1.87 bits per heavy atom. The second-order valence-electron chi connectivity index (χ2n) is 6.99. The molecular formula is C23H22N4O2S. The van der Waals surface area contributed by atoms with E-state index in [0.717, 1.165) is 28.6 Å². The van der Waals surface area contributed by atoms with Crippen molar-refractivity contribution in [1.82, 2.24) is 9.47 Å². The summed E-state index contributed by atoms with van der Waals surface area (Å²) in [5, 5.41) is 1.65. The predicted molar refractivity (Wildman–Crippen MR) is 122 cm³/mol. The molecule has 0 bridgehead atoms. The van der Waals surface area contributed by atoms with E-state index in [1.54, 1.807) is 4.90 Å². The van der Waals surface area contributed by atoms with Crippen molar-refractivity contribution in [3.8, 4) is 0 Å². The van der Waals surface area contributed by atoms with Crippen LogP contribution in [0.2, 0.25) is 0 Å². The van der Waals surface area contributed by atoms with E-state index >= 15 is 0 Å². The smallest absolute Gasteiger partial charge is 0.266 e. The lowest BCUT2D eigenvalue weighted by molar-refractivity contribution is -0.122. The van der Waals surface area contributed by atoms with Gasteiger partial charge in [0.05, 0.1) is 10.6 Å². The highest BCUT2D eigenvalue weighted by Crippen LogP contribution is 2.35. The highest BCUT2D eigenvalue weighted by molar-refractivity contribution is 8.18. The number of rotatable bonds is 6. The maximum absolute atomic E-state index is 13.1. The van der Waals surface area contributed by atoms with Crippen molar-refractivity contribution in [3.63, 3.8) is 0 Å². The number of aromatic nitrogens is 1. The molecule has 0 unspecified atom stereocenters. The van der Waals surface area contributed by atoms with Gasteiger partial charge in [-0.2, -0.15) is 0 Å². The van der Waals surface area contributed by atoms with Crippen molar-refractivity contribution < 1.29 is 9.59 Å². The van der Waals surface area contributed by atoms with E-state index in [9.17, 15) is 9.59 Å². The van der Waals surface area contributed by atoms with Crippen LogP contribution in [0.4, 0.5) is 5.69 Å². The minimum atomic E-state index is -0.410. The Balaban J connectivity index is 1.74. The molecule has 7 heteroatoms. The summed E-state index contributed by atoms with van der Waals surface area (Å²) >= 11 is 1.37. The van der Waals surface area contributed by atoms with Gasteiger partial charge in [0.2, 0.25) is 5.91 Å². The van der Waals surface area contributed by atoms with E-state index < -0.39 is 5.91 Å². The number of primary amides is 1. The Morgan fingerprint density at radius 1 is 1.13 bits per heavy atom. The first-order valence-corrected chi connectivity index (χ1v) is 10.6. The summed E-state index contributed by atoms with van der Waals surface area (Å²) in [7, 11) is 0. The first kappa shape index (κ1) is 20.0. The van der Waals surface area contributed by atoms with Gasteiger partial charge in [0.25, 0.3) is 5.91 Å². The van der Waals surface area contributed by atoms with E-state index in [4.69, 9.17) is 5.73 Å². The summed E-state index contributed by atoms with van der Waals surface area (Å²) < 4.78 is 1.82. The minimum Gasteiger partial charge on any atom is -0.368 e. The minimum absolute atomic E-state index is 0.0525. The zero-order chi connectivity index (χ0) is 21.1. The molecule has 30 heavy (non-hydrogen) atoms. The highest BCUT2D eigenvalue weighted by Gasteiger charge is 2.33. The monoisotopic (exact) mass is 418 g/mol. The van der Waals surface area contributed by atoms with Crippen LogP contribution in [0, 0.1) is 0 Å². The highest BCUT2D eigenvalue weighted by atomic mass is 32.2. The summed E-state index contributed by atoms with van der Waals surface area (Å²) in [5.74, 6) is -0.462. The quantitative estimate of drug-likeness (QED) is 0.611. The van der Waals surface area contributed by atoms with Gasteiger partial charge in [-0.25, -0.2) is 4.99 Å². The molecule has 1 saturated heterocycles. The van der Waals surface area contributed by atoms with Gasteiger partial charge in [-0.1, -0.05) is 43.3 Å². The van der Waals surface area contributed by atoms with Crippen LogP contribution in [-0.4, -0.2) is 33.0 Å². The fraction of sp³-hybridized carbons (Fsp3) is 0.174. The normalized spacial score (nSPS) is 16.8. The van der Waals surface area contributed by atoms with Crippen molar-refractivity contribution in [3.05, 3.63) is 71.3 Å². The summed E-state index contributed by atoms with van der Waals surface area (Å²) in [5.41, 5.74) is 7.99.